The smallest absolute Gasteiger partial charge is 0.226 e. The fourth-order valence-electron chi connectivity index (χ4n) is 2.69. The van der Waals surface area contributed by atoms with Crippen LogP contribution in [-0.2, 0) is 5.75 Å². The Morgan fingerprint density at radius 2 is 2.00 bits per heavy atom. The first-order chi connectivity index (χ1) is 12.1. The fraction of sp³-hybridized carbons (Fsp3) is 0.389. The van der Waals surface area contributed by atoms with Gasteiger partial charge in [-0.2, -0.15) is 0 Å². The maximum Gasteiger partial charge on any atom is 0.226 e. The molecule has 0 spiro atoms. The van der Waals surface area contributed by atoms with Gasteiger partial charge in [-0.1, -0.05) is 25.6 Å². The molecular weight excluding hydrogens is 339 g/mol. The number of hydrogen-bond acceptors (Lipinski definition) is 5. The summed E-state index contributed by atoms with van der Waals surface area (Å²) in [6.45, 7) is 4.29. The molecule has 0 bridgehead atoms. The predicted octanol–water partition coefficient (Wildman–Crippen LogP) is 4.82. The number of halogens is 1. The molecule has 0 N–H and O–H groups in total. The summed E-state index contributed by atoms with van der Waals surface area (Å²) in [4.78, 5) is 4.49. The van der Waals surface area contributed by atoms with Crippen LogP contribution in [0.5, 0.6) is 0 Å². The van der Waals surface area contributed by atoms with Crippen LogP contribution in [0.15, 0.2) is 40.1 Å². The van der Waals surface area contributed by atoms with Gasteiger partial charge in [0.25, 0.3) is 0 Å². The summed E-state index contributed by atoms with van der Waals surface area (Å²) >= 11 is 1.62. The van der Waals surface area contributed by atoms with Crippen LogP contribution in [-0.4, -0.2) is 19.7 Å². The van der Waals surface area contributed by atoms with E-state index in [1.165, 1.54) is 25.0 Å². The molecule has 0 radical (unpaired) electrons. The van der Waals surface area contributed by atoms with Crippen LogP contribution >= 0.6 is 11.8 Å². The van der Waals surface area contributed by atoms with Crippen LogP contribution in [0.25, 0.3) is 11.5 Å². The molecule has 0 saturated heterocycles. The van der Waals surface area contributed by atoms with Gasteiger partial charge < -0.3 is 8.98 Å². The Morgan fingerprint density at radius 1 is 1.24 bits per heavy atom. The third kappa shape index (κ3) is 3.46. The van der Waals surface area contributed by atoms with Crippen molar-refractivity contribution in [2.24, 2.45) is 0 Å². The Balaban J connectivity index is 1.48. The molecule has 3 aromatic rings. The standard InChI is InChI=1S/C18H19FN4OS/c1-11(2)16-21-22-18(23(16)15-7-8-15)25-10-14-9-24-17(20-14)12-3-5-13(19)6-4-12/h3-6,9,11,15H,7-8,10H2,1-2H3. The van der Waals surface area contributed by atoms with E-state index in [1.807, 2.05) is 0 Å². The molecule has 0 atom stereocenters. The van der Waals surface area contributed by atoms with Crippen LogP contribution in [0.1, 0.15) is 50.2 Å². The van der Waals surface area contributed by atoms with Gasteiger partial charge in [0.15, 0.2) is 5.16 Å². The first kappa shape index (κ1) is 16.3. The molecule has 1 aliphatic rings. The summed E-state index contributed by atoms with van der Waals surface area (Å²) in [6, 6.07) is 6.67. The lowest BCUT2D eigenvalue weighted by molar-refractivity contribution is 0.572. The van der Waals surface area contributed by atoms with Gasteiger partial charge >= 0.3 is 0 Å². The lowest BCUT2D eigenvalue weighted by Gasteiger charge is -2.10. The van der Waals surface area contributed by atoms with Crippen LogP contribution in [0.4, 0.5) is 4.39 Å². The minimum absolute atomic E-state index is 0.272. The molecule has 0 unspecified atom stereocenters. The molecule has 0 amide bonds. The molecular formula is C18H19FN4OS. The second kappa shape index (κ2) is 6.63. The summed E-state index contributed by atoms with van der Waals surface area (Å²) in [6.07, 6.45) is 4.04. The number of thioether (sulfide) groups is 1. The molecule has 1 aliphatic carbocycles. The first-order valence-electron chi connectivity index (χ1n) is 8.39. The van der Waals surface area contributed by atoms with Gasteiger partial charge in [0.2, 0.25) is 5.89 Å². The molecule has 1 aromatic carbocycles. The zero-order chi connectivity index (χ0) is 17.4. The molecule has 2 aromatic heterocycles. The highest BCUT2D eigenvalue weighted by molar-refractivity contribution is 7.98. The molecule has 25 heavy (non-hydrogen) atoms. The van der Waals surface area contributed by atoms with Gasteiger partial charge in [0.1, 0.15) is 17.9 Å². The van der Waals surface area contributed by atoms with Gasteiger partial charge in [-0.05, 0) is 37.1 Å². The maximum atomic E-state index is 13.0. The predicted molar refractivity (Wildman–Crippen MR) is 93.8 cm³/mol. The summed E-state index contributed by atoms with van der Waals surface area (Å²) in [5.74, 6) is 2.30. The normalized spacial score (nSPS) is 14.4. The lowest BCUT2D eigenvalue weighted by Crippen LogP contribution is -2.04. The quantitative estimate of drug-likeness (QED) is 0.591. The monoisotopic (exact) mass is 358 g/mol. The summed E-state index contributed by atoms with van der Waals surface area (Å²) in [5.41, 5.74) is 1.60. The zero-order valence-electron chi connectivity index (χ0n) is 14.1. The maximum absolute atomic E-state index is 13.0. The zero-order valence-corrected chi connectivity index (χ0v) is 15.0. The molecule has 5 nitrogen and oxygen atoms in total. The largest absolute Gasteiger partial charge is 0.444 e. The van der Waals surface area contributed by atoms with Crippen molar-refractivity contribution < 1.29 is 8.81 Å². The third-order valence-corrected chi connectivity index (χ3v) is 5.09. The number of oxazole rings is 1. The summed E-state index contributed by atoms with van der Waals surface area (Å²) < 4.78 is 20.8. The average Bonchev–Trinajstić information content (AvgIpc) is 3.17. The highest BCUT2D eigenvalue weighted by Gasteiger charge is 2.30. The van der Waals surface area contributed by atoms with E-state index >= 15 is 0 Å². The molecule has 1 fully saturated rings. The van der Waals surface area contributed by atoms with Crippen molar-refractivity contribution in [3.8, 4) is 11.5 Å². The number of benzene rings is 1. The second-order valence-electron chi connectivity index (χ2n) is 6.54. The van der Waals surface area contributed by atoms with E-state index in [1.54, 1.807) is 30.2 Å². The number of hydrogen-bond donors (Lipinski definition) is 0. The Hall–Kier alpha value is -2.15. The lowest BCUT2D eigenvalue weighted by atomic mass is 10.2. The van der Waals surface area contributed by atoms with Crippen molar-refractivity contribution in [1.82, 2.24) is 19.7 Å². The number of nitrogens with zero attached hydrogens (tertiary/aromatic N) is 4. The van der Waals surface area contributed by atoms with Crippen molar-refractivity contribution in [3.05, 3.63) is 47.9 Å². The van der Waals surface area contributed by atoms with Crippen molar-refractivity contribution in [1.29, 1.82) is 0 Å². The van der Waals surface area contributed by atoms with E-state index in [0.717, 1.165) is 22.2 Å². The van der Waals surface area contributed by atoms with Crippen LogP contribution < -0.4 is 0 Å². The SMILES string of the molecule is CC(C)c1nnc(SCc2coc(-c3ccc(F)cc3)n2)n1C1CC1. The van der Waals surface area contributed by atoms with Gasteiger partial charge in [0.05, 0.1) is 5.69 Å². The molecule has 4 rings (SSSR count). The Labute approximate surface area is 149 Å². The van der Waals surface area contributed by atoms with E-state index in [9.17, 15) is 4.39 Å². The van der Waals surface area contributed by atoms with E-state index in [-0.39, 0.29) is 5.82 Å². The number of rotatable bonds is 6. The van der Waals surface area contributed by atoms with E-state index in [4.69, 9.17) is 4.42 Å². The van der Waals surface area contributed by atoms with Crippen LogP contribution in [0.2, 0.25) is 0 Å². The van der Waals surface area contributed by atoms with Crippen molar-refractivity contribution in [2.75, 3.05) is 0 Å². The van der Waals surface area contributed by atoms with Gasteiger partial charge in [0, 0.05) is 23.3 Å². The van der Waals surface area contributed by atoms with Crippen molar-refractivity contribution in [2.45, 2.75) is 49.6 Å². The minimum Gasteiger partial charge on any atom is -0.444 e. The van der Waals surface area contributed by atoms with Crippen molar-refractivity contribution in [3.63, 3.8) is 0 Å². The van der Waals surface area contributed by atoms with E-state index < -0.39 is 0 Å². The van der Waals surface area contributed by atoms with Crippen LogP contribution in [0, 0.1) is 5.82 Å². The molecule has 2 heterocycles. The second-order valence-corrected chi connectivity index (χ2v) is 7.48. The van der Waals surface area contributed by atoms with Gasteiger partial charge in [-0.15, -0.1) is 10.2 Å². The Kier molecular flexibility index (Phi) is 4.33. The molecule has 7 heteroatoms. The van der Waals surface area contributed by atoms with Crippen molar-refractivity contribution >= 4 is 11.8 Å². The Bertz CT molecular complexity index is 868. The summed E-state index contributed by atoms with van der Waals surface area (Å²) in [7, 11) is 0. The highest BCUT2D eigenvalue weighted by Crippen LogP contribution is 2.40. The van der Waals surface area contributed by atoms with Gasteiger partial charge in [-0.3, -0.25) is 0 Å². The highest BCUT2D eigenvalue weighted by atomic mass is 32.2. The fourth-order valence-corrected chi connectivity index (χ4v) is 3.58. The third-order valence-electron chi connectivity index (χ3n) is 4.11. The average molecular weight is 358 g/mol. The topological polar surface area (TPSA) is 56.7 Å². The first-order valence-corrected chi connectivity index (χ1v) is 9.38. The summed E-state index contributed by atoms with van der Waals surface area (Å²) in [5, 5.41) is 9.67. The van der Waals surface area contributed by atoms with Gasteiger partial charge in [-0.25, -0.2) is 9.37 Å². The van der Waals surface area contributed by atoms with Crippen LogP contribution in [0.3, 0.4) is 0 Å². The van der Waals surface area contributed by atoms with E-state index in [2.05, 4.69) is 33.6 Å². The minimum atomic E-state index is -0.272. The molecule has 1 saturated carbocycles. The molecule has 0 aliphatic heterocycles. The Morgan fingerprint density at radius 3 is 2.68 bits per heavy atom. The number of aromatic nitrogens is 4. The molecule has 130 valence electrons. The van der Waals surface area contributed by atoms with E-state index in [0.29, 0.717) is 23.6 Å².